The van der Waals surface area contributed by atoms with Gasteiger partial charge in [0, 0.05) is 12.7 Å². The molecular weight excluding hydrogens is 349 g/mol. The standard InChI is InChI=1S/C15H14ClF3N2O3/c1-3-21-8-10(14(22)23-4-2)13(20-21)24-9-5-6-12(16)11(7-9)15(17,18)19/h5-8H,3-4H2,1-2H3. The van der Waals surface area contributed by atoms with Crippen LogP contribution in [0.3, 0.4) is 0 Å². The predicted octanol–water partition coefficient (Wildman–Crippen LogP) is 4.54. The zero-order valence-corrected chi connectivity index (χ0v) is 13.6. The van der Waals surface area contributed by atoms with E-state index in [9.17, 15) is 18.0 Å². The molecule has 0 aliphatic heterocycles. The molecule has 0 spiro atoms. The predicted molar refractivity (Wildman–Crippen MR) is 80.4 cm³/mol. The summed E-state index contributed by atoms with van der Waals surface area (Å²) in [6.07, 6.45) is -3.21. The topological polar surface area (TPSA) is 53.4 Å². The van der Waals surface area contributed by atoms with Crippen molar-refractivity contribution in [2.24, 2.45) is 0 Å². The SMILES string of the molecule is CCOC(=O)c1cn(CC)nc1Oc1ccc(Cl)c(C(F)(F)F)c1. The van der Waals surface area contributed by atoms with Crippen LogP contribution in [0.2, 0.25) is 5.02 Å². The average molecular weight is 363 g/mol. The number of halogens is 4. The fourth-order valence-corrected chi connectivity index (χ4v) is 2.11. The Kier molecular flexibility index (Phi) is 5.38. The molecule has 0 amide bonds. The summed E-state index contributed by atoms with van der Waals surface area (Å²) in [5, 5.41) is 3.58. The molecule has 0 aliphatic rings. The molecule has 24 heavy (non-hydrogen) atoms. The number of carbonyl (C=O) groups is 1. The summed E-state index contributed by atoms with van der Waals surface area (Å²) in [4.78, 5) is 11.9. The van der Waals surface area contributed by atoms with Gasteiger partial charge in [-0.05, 0) is 32.0 Å². The quantitative estimate of drug-likeness (QED) is 0.732. The van der Waals surface area contributed by atoms with Crippen LogP contribution in [-0.2, 0) is 17.5 Å². The summed E-state index contributed by atoms with van der Waals surface area (Å²) in [7, 11) is 0. The first-order chi connectivity index (χ1) is 11.3. The van der Waals surface area contributed by atoms with Crippen molar-refractivity contribution in [2.75, 3.05) is 6.61 Å². The van der Waals surface area contributed by atoms with Crippen molar-refractivity contribution in [1.29, 1.82) is 0 Å². The maximum Gasteiger partial charge on any atom is 0.417 e. The molecule has 2 rings (SSSR count). The number of carbonyl (C=O) groups excluding carboxylic acids is 1. The van der Waals surface area contributed by atoms with E-state index < -0.39 is 22.7 Å². The Morgan fingerprint density at radius 3 is 2.62 bits per heavy atom. The zero-order valence-electron chi connectivity index (χ0n) is 12.9. The molecule has 2 aromatic rings. The van der Waals surface area contributed by atoms with Crippen molar-refractivity contribution >= 4 is 17.6 Å². The third-order valence-electron chi connectivity index (χ3n) is 3.00. The van der Waals surface area contributed by atoms with Gasteiger partial charge in [-0.1, -0.05) is 11.6 Å². The second-order valence-electron chi connectivity index (χ2n) is 4.67. The second kappa shape index (κ2) is 7.12. The molecule has 0 saturated carbocycles. The first-order valence-electron chi connectivity index (χ1n) is 7.05. The lowest BCUT2D eigenvalue weighted by molar-refractivity contribution is -0.137. The van der Waals surface area contributed by atoms with Gasteiger partial charge < -0.3 is 9.47 Å². The Balaban J connectivity index is 2.37. The fraction of sp³-hybridized carbons (Fsp3) is 0.333. The highest BCUT2D eigenvalue weighted by Gasteiger charge is 2.33. The van der Waals surface area contributed by atoms with Crippen LogP contribution in [0, 0.1) is 0 Å². The molecule has 0 saturated heterocycles. The number of hydrogen-bond acceptors (Lipinski definition) is 4. The van der Waals surface area contributed by atoms with Crippen molar-refractivity contribution in [3.63, 3.8) is 0 Å². The molecule has 0 bridgehead atoms. The van der Waals surface area contributed by atoms with Gasteiger partial charge in [0.2, 0.25) is 0 Å². The average Bonchev–Trinajstić information content (AvgIpc) is 2.91. The molecule has 1 heterocycles. The molecule has 1 aromatic heterocycles. The Morgan fingerprint density at radius 1 is 1.33 bits per heavy atom. The first kappa shape index (κ1) is 18.1. The van der Waals surface area contributed by atoms with Crippen molar-refractivity contribution < 1.29 is 27.4 Å². The number of rotatable bonds is 5. The summed E-state index contributed by atoms with van der Waals surface area (Å²) >= 11 is 5.56. The van der Waals surface area contributed by atoms with Gasteiger partial charge in [0.15, 0.2) is 0 Å². The lowest BCUT2D eigenvalue weighted by atomic mass is 10.2. The van der Waals surface area contributed by atoms with E-state index in [4.69, 9.17) is 21.1 Å². The van der Waals surface area contributed by atoms with Crippen LogP contribution < -0.4 is 4.74 Å². The third kappa shape index (κ3) is 4.00. The molecule has 0 atom stereocenters. The molecule has 0 radical (unpaired) electrons. The Hall–Kier alpha value is -2.22. The number of aromatic nitrogens is 2. The number of esters is 1. The summed E-state index contributed by atoms with van der Waals surface area (Å²) in [6, 6.07) is 3.08. The van der Waals surface area contributed by atoms with Crippen LogP contribution >= 0.6 is 11.6 Å². The lowest BCUT2D eigenvalue weighted by Crippen LogP contribution is -2.07. The monoisotopic (exact) mass is 362 g/mol. The first-order valence-corrected chi connectivity index (χ1v) is 7.43. The Labute approximate surface area is 140 Å². The van der Waals surface area contributed by atoms with E-state index in [1.807, 2.05) is 0 Å². The van der Waals surface area contributed by atoms with Crippen LogP contribution in [0.25, 0.3) is 0 Å². The van der Waals surface area contributed by atoms with Gasteiger partial charge in [-0.25, -0.2) is 4.79 Å². The van der Waals surface area contributed by atoms with Gasteiger partial charge >= 0.3 is 12.1 Å². The van der Waals surface area contributed by atoms with Crippen LogP contribution in [0.4, 0.5) is 13.2 Å². The maximum atomic E-state index is 12.9. The Bertz CT molecular complexity index is 744. The molecule has 0 unspecified atom stereocenters. The molecular formula is C15H14ClF3N2O3. The number of benzene rings is 1. The molecule has 5 nitrogen and oxygen atoms in total. The highest BCUT2D eigenvalue weighted by molar-refractivity contribution is 6.31. The normalized spacial score (nSPS) is 11.4. The van der Waals surface area contributed by atoms with Crippen molar-refractivity contribution in [2.45, 2.75) is 26.6 Å². The summed E-state index contributed by atoms with van der Waals surface area (Å²) in [5.41, 5.74) is -1.00. The number of ether oxygens (including phenoxy) is 2. The molecule has 9 heteroatoms. The van der Waals surface area contributed by atoms with E-state index in [-0.39, 0.29) is 23.8 Å². The van der Waals surface area contributed by atoms with E-state index in [0.717, 1.165) is 12.1 Å². The summed E-state index contributed by atoms with van der Waals surface area (Å²) in [6.45, 7) is 4.02. The highest BCUT2D eigenvalue weighted by Crippen LogP contribution is 2.37. The number of hydrogen-bond donors (Lipinski definition) is 0. The summed E-state index contributed by atoms with van der Waals surface area (Å²) in [5.74, 6) is -0.943. The van der Waals surface area contributed by atoms with Gasteiger partial charge in [0.25, 0.3) is 5.88 Å². The minimum atomic E-state index is -4.62. The van der Waals surface area contributed by atoms with E-state index in [0.29, 0.717) is 6.54 Å². The van der Waals surface area contributed by atoms with Gasteiger partial charge in [-0.2, -0.15) is 13.2 Å². The molecule has 0 fully saturated rings. The minimum absolute atomic E-state index is 0.0298. The van der Waals surface area contributed by atoms with Gasteiger partial charge in [0.1, 0.15) is 11.3 Å². The summed E-state index contributed by atoms with van der Waals surface area (Å²) < 4.78 is 50.4. The van der Waals surface area contributed by atoms with Crippen molar-refractivity contribution in [3.8, 4) is 11.6 Å². The molecule has 0 N–H and O–H groups in total. The zero-order chi connectivity index (χ0) is 17.9. The van der Waals surface area contributed by atoms with Crippen LogP contribution in [0.15, 0.2) is 24.4 Å². The van der Waals surface area contributed by atoms with Crippen molar-refractivity contribution in [1.82, 2.24) is 9.78 Å². The van der Waals surface area contributed by atoms with E-state index in [2.05, 4.69) is 5.10 Å². The van der Waals surface area contributed by atoms with E-state index in [1.165, 1.54) is 16.9 Å². The minimum Gasteiger partial charge on any atom is -0.462 e. The van der Waals surface area contributed by atoms with E-state index >= 15 is 0 Å². The number of nitrogens with zero attached hydrogens (tertiary/aromatic N) is 2. The molecule has 1 aromatic carbocycles. The van der Waals surface area contributed by atoms with Crippen LogP contribution in [0.5, 0.6) is 11.6 Å². The van der Waals surface area contributed by atoms with Gasteiger partial charge in [-0.15, -0.1) is 5.10 Å². The molecule has 130 valence electrons. The number of aryl methyl sites for hydroxylation is 1. The highest BCUT2D eigenvalue weighted by atomic mass is 35.5. The molecule has 0 aliphatic carbocycles. The largest absolute Gasteiger partial charge is 0.462 e. The number of alkyl halides is 3. The Morgan fingerprint density at radius 2 is 2.04 bits per heavy atom. The smallest absolute Gasteiger partial charge is 0.417 e. The van der Waals surface area contributed by atoms with Crippen LogP contribution in [0.1, 0.15) is 29.8 Å². The second-order valence-corrected chi connectivity index (χ2v) is 5.07. The maximum absolute atomic E-state index is 12.9. The third-order valence-corrected chi connectivity index (χ3v) is 3.33. The van der Waals surface area contributed by atoms with Gasteiger partial charge in [0.05, 0.1) is 17.2 Å². The van der Waals surface area contributed by atoms with Crippen molar-refractivity contribution in [3.05, 3.63) is 40.5 Å². The lowest BCUT2D eigenvalue weighted by Gasteiger charge is -2.11. The van der Waals surface area contributed by atoms with E-state index in [1.54, 1.807) is 13.8 Å². The van der Waals surface area contributed by atoms with Crippen LogP contribution in [-0.4, -0.2) is 22.4 Å². The van der Waals surface area contributed by atoms with Gasteiger partial charge in [-0.3, -0.25) is 4.68 Å². The fourth-order valence-electron chi connectivity index (χ4n) is 1.89.